The molecule has 1 saturated heterocycles. The minimum atomic E-state index is 0.738. The van der Waals surface area contributed by atoms with E-state index in [1.54, 1.807) is 0 Å². The first-order chi connectivity index (χ1) is 6.19. The first-order valence-corrected chi connectivity index (χ1v) is 5.85. The summed E-state index contributed by atoms with van der Waals surface area (Å²) in [5.41, 5.74) is 1.25. The minimum absolute atomic E-state index is 0.738. The van der Waals surface area contributed by atoms with Crippen LogP contribution in [0.25, 0.3) is 0 Å². The number of thiol groups is 1. The normalized spacial score (nSPS) is 29.5. The monoisotopic (exact) mass is 199 g/mol. The zero-order valence-corrected chi connectivity index (χ0v) is 9.69. The molecule has 0 bridgehead atoms. The van der Waals surface area contributed by atoms with Crippen LogP contribution in [0.15, 0.2) is 12.2 Å². The molecule has 1 fully saturated rings. The van der Waals surface area contributed by atoms with Crippen LogP contribution in [-0.4, -0.2) is 29.3 Å². The zero-order valence-electron chi connectivity index (χ0n) is 8.79. The summed E-state index contributed by atoms with van der Waals surface area (Å²) in [6.45, 7) is 9.66. The van der Waals surface area contributed by atoms with E-state index in [0.717, 1.165) is 24.4 Å². The van der Waals surface area contributed by atoms with E-state index >= 15 is 0 Å². The molecule has 0 aliphatic carbocycles. The van der Waals surface area contributed by atoms with E-state index in [9.17, 15) is 0 Å². The van der Waals surface area contributed by atoms with Crippen molar-refractivity contribution >= 4 is 12.6 Å². The van der Waals surface area contributed by atoms with E-state index in [0.29, 0.717) is 0 Å². The molecule has 0 aromatic carbocycles. The Hall–Kier alpha value is 0.0500. The predicted octanol–water partition coefficient (Wildman–Crippen LogP) is 2.74. The molecule has 1 rings (SSSR count). The van der Waals surface area contributed by atoms with Crippen molar-refractivity contribution in [1.82, 2.24) is 4.90 Å². The topological polar surface area (TPSA) is 3.24 Å². The van der Waals surface area contributed by atoms with Crippen LogP contribution in [0.5, 0.6) is 0 Å². The highest BCUT2D eigenvalue weighted by Crippen LogP contribution is 2.26. The lowest BCUT2D eigenvalue weighted by Gasteiger charge is -2.28. The van der Waals surface area contributed by atoms with Gasteiger partial charge in [-0.2, -0.15) is 12.6 Å². The summed E-state index contributed by atoms with van der Waals surface area (Å²) in [6.07, 6.45) is 3.97. The van der Waals surface area contributed by atoms with E-state index in [2.05, 4.69) is 38.0 Å². The van der Waals surface area contributed by atoms with Crippen molar-refractivity contribution in [1.29, 1.82) is 0 Å². The molecule has 76 valence electrons. The SMILES string of the molecule is C=C(CS)CN1C(C)CCC1CC. The molecular weight excluding hydrogens is 178 g/mol. The predicted molar refractivity (Wildman–Crippen MR) is 62.5 cm³/mol. The summed E-state index contributed by atoms with van der Waals surface area (Å²) in [7, 11) is 0. The molecule has 2 heteroatoms. The van der Waals surface area contributed by atoms with Gasteiger partial charge in [0.2, 0.25) is 0 Å². The lowest BCUT2D eigenvalue weighted by molar-refractivity contribution is 0.217. The highest BCUT2D eigenvalue weighted by molar-refractivity contribution is 7.80. The van der Waals surface area contributed by atoms with Gasteiger partial charge in [-0.1, -0.05) is 19.1 Å². The molecule has 0 amide bonds. The number of hydrogen-bond acceptors (Lipinski definition) is 2. The first-order valence-electron chi connectivity index (χ1n) is 5.22. The van der Waals surface area contributed by atoms with Gasteiger partial charge in [0, 0.05) is 24.4 Å². The molecule has 0 saturated carbocycles. The Labute approximate surface area is 87.6 Å². The Bertz CT molecular complexity index is 179. The van der Waals surface area contributed by atoms with E-state index in [1.165, 1.54) is 24.8 Å². The molecule has 0 N–H and O–H groups in total. The van der Waals surface area contributed by atoms with E-state index in [-0.39, 0.29) is 0 Å². The summed E-state index contributed by atoms with van der Waals surface area (Å²) in [4.78, 5) is 2.58. The fourth-order valence-corrected chi connectivity index (χ4v) is 2.26. The van der Waals surface area contributed by atoms with Gasteiger partial charge in [0.25, 0.3) is 0 Å². The Kier molecular flexibility index (Phi) is 4.33. The van der Waals surface area contributed by atoms with Crippen molar-refractivity contribution in [2.75, 3.05) is 12.3 Å². The average molecular weight is 199 g/mol. The second-order valence-corrected chi connectivity index (χ2v) is 4.39. The fraction of sp³-hybridized carbons (Fsp3) is 0.818. The molecule has 0 aromatic rings. The van der Waals surface area contributed by atoms with Crippen molar-refractivity contribution in [2.24, 2.45) is 0 Å². The summed E-state index contributed by atoms with van der Waals surface area (Å²) < 4.78 is 0. The summed E-state index contributed by atoms with van der Waals surface area (Å²) in [5, 5.41) is 0. The fourth-order valence-electron chi connectivity index (χ4n) is 2.16. The zero-order chi connectivity index (χ0) is 9.84. The third-order valence-electron chi connectivity index (χ3n) is 3.05. The number of nitrogens with zero attached hydrogens (tertiary/aromatic N) is 1. The van der Waals surface area contributed by atoms with E-state index in [1.807, 2.05) is 0 Å². The third-order valence-corrected chi connectivity index (χ3v) is 3.50. The highest BCUT2D eigenvalue weighted by atomic mass is 32.1. The summed E-state index contributed by atoms with van der Waals surface area (Å²) >= 11 is 4.25. The van der Waals surface area contributed by atoms with Crippen LogP contribution in [0.1, 0.15) is 33.1 Å². The van der Waals surface area contributed by atoms with Crippen molar-refractivity contribution in [3.8, 4) is 0 Å². The van der Waals surface area contributed by atoms with Gasteiger partial charge in [-0.15, -0.1) is 0 Å². The standard InChI is InChI=1S/C11H21NS/c1-4-11-6-5-10(3)12(11)7-9(2)8-13/h10-11,13H,2,4-8H2,1,3H3. The molecule has 13 heavy (non-hydrogen) atoms. The van der Waals surface area contributed by atoms with Gasteiger partial charge in [0.15, 0.2) is 0 Å². The minimum Gasteiger partial charge on any atom is -0.294 e. The second kappa shape index (κ2) is 5.06. The molecule has 1 aliphatic rings. The Morgan fingerprint density at radius 2 is 2.23 bits per heavy atom. The second-order valence-electron chi connectivity index (χ2n) is 4.07. The highest BCUT2D eigenvalue weighted by Gasteiger charge is 2.28. The summed E-state index contributed by atoms with van der Waals surface area (Å²) in [5.74, 6) is 0.819. The van der Waals surface area contributed by atoms with E-state index < -0.39 is 0 Å². The average Bonchev–Trinajstić information content (AvgIpc) is 2.48. The molecule has 2 unspecified atom stereocenters. The molecule has 2 atom stereocenters. The van der Waals surface area contributed by atoms with Crippen LogP contribution in [0.3, 0.4) is 0 Å². The van der Waals surface area contributed by atoms with Crippen molar-refractivity contribution in [3.63, 3.8) is 0 Å². The van der Waals surface area contributed by atoms with Crippen LogP contribution in [0.2, 0.25) is 0 Å². The molecular formula is C11H21NS. The van der Waals surface area contributed by atoms with Crippen molar-refractivity contribution in [3.05, 3.63) is 12.2 Å². The van der Waals surface area contributed by atoms with Gasteiger partial charge in [0.05, 0.1) is 0 Å². The van der Waals surface area contributed by atoms with E-state index in [4.69, 9.17) is 0 Å². The van der Waals surface area contributed by atoms with Gasteiger partial charge < -0.3 is 0 Å². The Morgan fingerprint density at radius 3 is 2.77 bits per heavy atom. The largest absolute Gasteiger partial charge is 0.294 e. The maximum Gasteiger partial charge on any atom is 0.0204 e. The van der Waals surface area contributed by atoms with Crippen LogP contribution >= 0.6 is 12.6 Å². The molecule has 1 nitrogen and oxygen atoms in total. The lowest BCUT2D eigenvalue weighted by atomic mass is 10.1. The Morgan fingerprint density at radius 1 is 1.54 bits per heavy atom. The number of hydrogen-bond donors (Lipinski definition) is 1. The van der Waals surface area contributed by atoms with Crippen LogP contribution in [0.4, 0.5) is 0 Å². The van der Waals surface area contributed by atoms with Crippen LogP contribution in [-0.2, 0) is 0 Å². The van der Waals surface area contributed by atoms with Crippen molar-refractivity contribution < 1.29 is 0 Å². The third kappa shape index (κ3) is 2.75. The smallest absolute Gasteiger partial charge is 0.0204 e. The lowest BCUT2D eigenvalue weighted by Crippen LogP contribution is -2.35. The maximum atomic E-state index is 4.25. The molecule has 0 spiro atoms. The van der Waals surface area contributed by atoms with Gasteiger partial charge in [-0.25, -0.2) is 0 Å². The van der Waals surface area contributed by atoms with Crippen LogP contribution in [0, 0.1) is 0 Å². The van der Waals surface area contributed by atoms with Crippen molar-refractivity contribution in [2.45, 2.75) is 45.2 Å². The van der Waals surface area contributed by atoms with Crippen LogP contribution < -0.4 is 0 Å². The Balaban J connectivity index is 2.49. The number of rotatable bonds is 4. The quantitative estimate of drug-likeness (QED) is 0.538. The molecule has 1 heterocycles. The van der Waals surface area contributed by atoms with Gasteiger partial charge >= 0.3 is 0 Å². The molecule has 0 aromatic heterocycles. The van der Waals surface area contributed by atoms with Gasteiger partial charge in [0.1, 0.15) is 0 Å². The summed E-state index contributed by atoms with van der Waals surface area (Å²) in [6, 6.07) is 1.52. The first kappa shape index (κ1) is 11.1. The molecule has 0 radical (unpaired) electrons. The maximum absolute atomic E-state index is 4.25. The molecule has 1 aliphatic heterocycles. The van der Waals surface area contributed by atoms with Gasteiger partial charge in [-0.3, -0.25) is 4.90 Å². The van der Waals surface area contributed by atoms with Gasteiger partial charge in [-0.05, 0) is 26.2 Å². The number of likely N-dealkylation sites (tertiary alicyclic amines) is 1.